The molecule has 1 saturated heterocycles. The Hall–Kier alpha value is -1.51. The minimum atomic E-state index is 0.194. The molecule has 1 aliphatic rings. The molecular formula is C19H23ClN2. The molecule has 2 aromatic rings. The molecule has 0 radical (unpaired) electrons. The molecule has 3 heteroatoms. The smallest absolute Gasteiger partial charge is 0.0408 e. The summed E-state index contributed by atoms with van der Waals surface area (Å²) in [5, 5.41) is 0.800. The average Bonchev–Trinajstić information content (AvgIpc) is 2.49. The molecule has 0 spiro atoms. The zero-order valence-electron chi connectivity index (χ0n) is 13.2. The van der Waals surface area contributed by atoms with Gasteiger partial charge in [0.25, 0.3) is 0 Å². The van der Waals surface area contributed by atoms with Gasteiger partial charge in [0.2, 0.25) is 0 Å². The van der Waals surface area contributed by atoms with Crippen LogP contribution in [0.1, 0.15) is 29.0 Å². The van der Waals surface area contributed by atoms with E-state index in [0.29, 0.717) is 5.92 Å². The third kappa shape index (κ3) is 3.29. The molecule has 2 N–H and O–H groups in total. The predicted octanol–water partition coefficient (Wildman–Crippen LogP) is 4.28. The van der Waals surface area contributed by atoms with Crippen molar-refractivity contribution in [2.24, 2.45) is 5.73 Å². The summed E-state index contributed by atoms with van der Waals surface area (Å²) >= 11 is 6.15. The summed E-state index contributed by atoms with van der Waals surface area (Å²) < 4.78 is 0. The number of halogens is 1. The molecule has 0 aliphatic carbocycles. The molecule has 1 heterocycles. The fraction of sp³-hybridized carbons (Fsp3) is 0.368. The lowest BCUT2D eigenvalue weighted by Gasteiger charge is -2.38. The Labute approximate surface area is 137 Å². The fourth-order valence-electron chi connectivity index (χ4n) is 3.27. The highest BCUT2D eigenvalue weighted by Crippen LogP contribution is 2.31. The number of hydrogen-bond acceptors (Lipinski definition) is 2. The van der Waals surface area contributed by atoms with Crippen LogP contribution in [-0.2, 0) is 0 Å². The first-order chi connectivity index (χ1) is 10.5. The number of nitrogens with zero attached hydrogens (tertiary/aromatic N) is 1. The maximum atomic E-state index is 6.32. The number of benzene rings is 2. The van der Waals surface area contributed by atoms with Crippen LogP contribution in [0.25, 0.3) is 0 Å². The summed E-state index contributed by atoms with van der Waals surface area (Å²) in [5.41, 5.74) is 11.5. The molecule has 0 aromatic heterocycles. The number of anilines is 1. The Morgan fingerprint density at radius 3 is 2.59 bits per heavy atom. The third-order valence-electron chi connectivity index (χ3n) is 4.66. The Morgan fingerprint density at radius 2 is 1.86 bits per heavy atom. The van der Waals surface area contributed by atoms with Gasteiger partial charge in [0, 0.05) is 35.8 Å². The van der Waals surface area contributed by atoms with E-state index in [0.717, 1.165) is 24.5 Å². The quantitative estimate of drug-likeness (QED) is 0.896. The van der Waals surface area contributed by atoms with Crippen LogP contribution in [0.5, 0.6) is 0 Å². The standard InChI is InChI=1S/C19H23ClN2/c1-13-6-7-19(8-14(13)2)22-11-16(10-18(21)12-22)15-4-3-5-17(20)9-15/h3-9,16,18H,10-12,21H2,1-2H3. The first-order valence-corrected chi connectivity index (χ1v) is 8.24. The van der Waals surface area contributed by atoms with E-state index >= 15 is 0 Å². The van der Waals surface area contributed by atoms with Gasteiger partial charge < -0.3 is 10.6 Å². The third-order valence-corrected chi connectivity index (χ3v) is 4.89. The molecule has 22 heavy (non-hydrogen) atoms. The molecule has 1 aliphatic heterocycles. The number of hydrogen-bond donors (Lipinski definition) is 1. The van der Waals surface area contributed by atoms with E-state index in [2.05, 4.69) is 49.1 Å². The number of aryl methyl sites for hydroxylation is 2. The van der Waals surface area contributed by atoms with Gasteiger partial charge >= 0.3 is 0 Å². The molecule has 0 bridgehead atoms. The van der Waals surface area contributed by atoms with Crippen molar-refractivity contribution in [2.45, 2.75) is 32.2 Å². The second-order valence-corrected chi connectivity index (χ2v) is 6.86. The molecule has 2 unspecified atom stereocenters. The molecule has 0 saturated carbocycles. The topological polar surface area (TPSA) is 29.3 Å². The van der Waals surface area contributed by atoms with Crippen LogP contribution in [0, 0.1) is 13.8 Å². The highest BCUT2D eigenvalue weighted by Gasteiger charge is 2.26. The van der Waals surface area contributed by atoms with Crippen LogP contribution < -0.4 is 10.6 Å². The molecule has 3 rings (SSSR count). The molecule has 2 atom stereocenters. The van der Waals surface area contributed by atoms with Crippen LogP contribution in [-0.4, -0.2) is 19.1 Å². The summed E-state index contributed by atoms with van der Waals surface area (Å²) in [4.78, 5) is 2.41. The summed E-state index contributed by atoms with van der Waals surface area (Å²) in [6.07, 6.45) is 1.02. The first-order valence-electron chi connectivity index (χ1n) is 7.86. The molecule has 116 valence electrons. The normalized spacial score (nSPS) is 21.9. The predicted molar refractivity (Wildman–Crippen MR) is 94.9 cm³/mol. The lowest BCUT2D eigenvalue weighted by atomic mass is 9.88. The highest BCUT2D eigenvalue weighted by molar-refractivity contribution is 6.30. The van der Waals surface area contributed by atoms with Gasteiger partial charge in [-0.2, -0.15) is 0 Å². The van der Waals surface area contributed by atoms with Crippen molar-refractivity contribution in [3.8, 4) is 0 Å². The maximum absolute atomic E-state index is 6.32. The monoisotopic (exact) mass is 314 g/mol. The summed E-state index contributed by atoms with van der Waals surface area (Å²) in [5.74, 6) is 0.434. The van der Waals surface area contributed by atoms with Crippen molar-refractivity contribution >= 4 is 17.3 Å². The Balaban J connectivity index is 1.85. The lowest BCUT2D eigenvalue weighted by molar-refractivity contribution is 0.454. The van der Waals surface area contributed by atoms with Crippen LogP contribution in [0.3, 0.4) is 0 Å². The van der Waals surface area contributed by atoms with E-state index in [1.807, 2.05) is 12.1 Å². The molecular weight excluding hydrogens is 292 g/mol. The van der Waals surface area contributed by atoms with Gasteiger partial charge in [-0.3, -0.25) is 0 Å². The van der Waals surface area contributed by atoms with Crippen LogP contribution in [0.4, 0.5) is 5.69 Å². The van der Waals surface area contributed by atoms with Crippen LogP contribution in [0.2, 0.25) is 5.02 Å². The molecule has 0 amide bonds. The molecule has 2 aromatic carbocycles. The Morgan fingerprint density at radius 1 is 1.05 bits per heavy atom. The SMILES string of the molecule is Cc1ccc(N2CC(N)CC(c3cccc(Cl)c3)C2)cc1C. The van der Waals surface area contributed by atoms with Crippen molar-refractivity contribution in [2.75, 3.05) is 18.0 Å². The zero-order chi connectivity index (χ0) is 15.7. The van der Waals surface area contributed by atoms with Gasteiger partial charge in [0.05, 0.1) is 0 Å². The van der Waals surface area contributed by atoms with Crippen molar-refractivity contribution in [1.82, 2.24) is 0 Å². The number of nitrogens with two attached hydrogens (primary N) is 1. The fourth-order valence-corrected chi connectivity index (χ4v) is 3.47. The zero-order valence-corrected chi connectivity index (χ0v) is 14.0. The van der Waals surface area contributed by atoms with Gasteiger partial charge in [0.15, 0.2) is 0 Å². The Kier molecular flexibility index (Phi) is 4.42. The van der Waals surface area contributed by atoms with Crippen molar-refractivity contribution < 1.29 is 0 Å². The van der Waals surface area contributed by atoms with Gasteiger partial charge in [-0.15, -0.1) is 0 Å². The van der Waals surface area contributed by atoms with Crippen molar-refractivity contribution in [1.29, 1.82) is 0 Å². The minimum absolute atomic E-state index is 0.194. The van der Waals surface area contributed by atoms with E-state index in [-0.39, 0.29) is 6.04 Å². The van der Waals surface area contributed by atoms with E-state index in [1.165, 1.54) is 22.4 Å². The van der Waals surface area contributed by atoms with Gasteiger partial charge in [-0.1, -0.05) is 29.8 Å². The summed E-state index contributed by atoms with van der Waals surface area (Å²) in [7, 11) is 0. The summed E-state index contributed by atoms with van der Waals surface area (Å²) in [6.45, 7) is 6.23. The molecule has 1 fully saturated rings. The average molecular weight is 315 g/mol. The summed E-state index contributed by atoms with van der Waals surface area (Å²) in [6, 6.07) is 15.0. The lowest BCUT2D eigenvalue weighted by Crippen LogP contribution is -2.46. The van der Waals surface area contributed by atoms with Crippen LogP contribution in [0.15, 0.2) is 42.5 Å². The first kappa shape index (κ1) is 15.4. The maximum Gasteiger partial charge on any atom is 0.0408 e. The highest BCUT2D eigenvalue weighted by atomic mass is 35.5. The van der Waals surface area contributed by atoms with Gasteiger partial charge in [0.1, 0.15) is 0 Å². The number of piperidine rings is 1. The van der Waals surface area contributed by atoms with E-state index < -0.39 is 0 Å². The van der Waals surface area contributed by atoms with Crippen LogP contribution >= 0.6 is 11.6 Å². The van der Waals surface area contributed by atoms with E-state index in [9.17, 15) is 0 Å². The second-order valence-electron chi connectivity index (χ2n) is 6.42. The molecule has 2 nitrogen and oxygen atoms in total. The largest absolute Gasteiger partial charge is 0.369 e. The minimum Gasteiger partial charge on any atom is -0.369 e. The van der Waals surface area contributed by atoms with E-state index in [1.54, 1.807) is 0 Å². The van der Waals surface area contributed by atoms with E-state index in [4.69, 9.17) is 17.3 Å². The van der Waals surface area contributed by atoms with Crippen molar-refractivity contribution in [3.63, 3.8) is 0 Å². The van der Waals surface area contributed by atoms with Gasteiger partial charge in [-0.25, -0.2) is 0 Å². The van der Waals surface area contributed by atoms with Gasteiger partial charge in [-0.05, 0) is 61.2 Å². The number of rotatable bonds is 2. The van der Waals surface area contributed by atoms with Crippen molar-refractivity contribution in [3.05, 3.63) is 64.2 Å². The second kappa shape index (κ2) is 6.31. The Bertz CT molecular complexity index is 668.